The SMILES string of the molecule is CCc1nc(C(C)NC(C)CCOC)cs1. The molecule has 4 heteroatoms. The molecule has 3 nitrogen and oxygen atoms in total. The molecule has 0 bridgehead atoms. The van der Waals surface area contributed by atoms with Gasteiger partial charge in [-0.2, -0.15) is 0 Å². The number of aryl methyl sites for hydroxylation is 1. The minimum absolute atomic E-state index is 0.323. The van der Waals surface area contributed by atoms with E-state index in [0.717, 1.165) is 25.1 Å². The van der Waals surface area contributed by atoms with Crippen LogP contribution in [0, 0.1) is 0 Å². The summed E-state index contributed by atoms with van der Waals surface area (Å²) in [6, 6.07) is 0.783. The number of ether oxygens (including phenoxy) is 1. The van der Waals surface area contributed by atoms with E-state index < -0.39 is 0 Å². The van der Waals surface area contributed by atoms with Crippen LogP contribution >= 0.6 is 11.3 Å². The lowest BCUT2D eigenvalue weighted by atomic mass is 10.2. The Labute approximate surface area is 102 Å². The second kappa shape index (κ2) is 6.99. The normalized spacial score (nSPS) is 15.0. The Hall–Kier alpha value is -0.450. The topological polar surface area (TPSA) is 34.2 Å². The van der Waals surface area contributed by atoms with Crippen molar-refractivity contribution in [1.82, 2.24) is 10.3 Å². The molecule has 2 unspecified atom stereocenters. The monoisotopic (exact) mass is 242 g/mol. The minimum Gasteiger partial charge on any atom is -0.385 e. The second-order valence-electron chi connectivity index (χ2n) is 4.09. The summed E-state index contributed by atoms with van der Waals surface area (Å²) in [5.41, 5.74) is 1.16. The van der Waals surface area contributed by atoms with Crippen LogP contribution in [0.25, 0.3) is 0 Å². The Morgan fingerprint density at radius 2 is 2.25 bits per heavy atom. The van der Waals surface area contributed by atoms with Crippen molar-refractivity contribution in [3.8, 4) is 0 Å². The first-order valence-electron chi connectivity index (χ1n) is 5.86. The lowest BCUT2D eigenvalue weighted by Crippen LogP contribution is -2.30. The van der Waals surface area contributed by atoms with Crippen molar-refractivity contribution in [1.29, 1.82) is 0 Å². The van der Waals surface area contributed by atoms with Gasteiger partial charge in [0.1, 0.15) is 0 Å². The number of hydrogen-bond acceptors (Lipinski definition) is 4. The second-order valence-corrected chi connectivity index (χ2v) is 5.03. The molecule has 1 heterocycles. The van der Waals surface area contributed by atoms with Gasteiger partial charge in [-0.15, -0.1) is 11.3 Å². The fourth-order valence-electron chi connectivity index (χ4n) is 1.58. The average Bonchev–Trinajstić information content (AvgIpc) is 2.74. The molecule has 0 aliphatic heterocycles. The molecule has 1 aromatic heterocycles. The zero-order chi connectivity index (χ0) is 12.0. The standard InChI is InChI=1S/C12H22N2OS/c1-5-12-14-11(8-16-12)10(3)13-9(2)6-7-15-4/h8-10,13H,5-7H2,1-4H3. The summed E-state index contributed by atoms with van der Waals surface area (Å²) < 4.78 is 5.07. The molecule has 16 heavy (non-hydrogen) atoms. The van der Waals surface area contributed by atoms with Crippen LogP contribution in [0.5, 0.6) is 0 Å². The van der Waals surface area contributed by atoms with E-state index in [1.165, 1.54) is 5.01 Å². The van der Waals surface area contributed by atoms with Gasteiger partial charge in [-0.05, 0) is 26.7 Å². The maximum atomic E-state index is 5.07. The van der Waals surface area contributed by atoms with Crippen LogP contribution in [0.2, 0.25) is 0 Å². The lowest BCUT2D eigenvalue weighted by molar-refractivity contribution is 0.183. The minimum atomic E-state index is 0.323. The molecule has 0 aromatic carbocycles. The first-order chi connectivity index (χ1) is 7.67. The van der Waals surface area contributed by atoms with Gasteiger partial charge in [0, 0.05) is 31.2 Å². The zero-order valence-electron chi connectivity index (χ0n) is 10.6. The Kier molecular flexibility index (Phi) is 5.95. The highest BCUT2D eigenvalue weighted by Crippen LogP contribution is 2.17. The smallest absolute Gasteiger partial charge is 0.0926 e. The maximum absolute atomic E-state index is 5.07. The first-order valence-corrected chi connectivity index (χ1v) is 6.74. The number of aromatic nitrogens is 1. The van der Waals surface area contributed by atoms with Crippen LogP contribution in [0.3, 0.4) is 0 Å². The number of rotatable bonds is 7. The van der Waals surface area contributed by atoms with E-state index in [9.17, 15) is 0 Å². The summed E-state index contributed by atoms with van der Waals surface area (Å²) in [5, 5.41) is 6.90. The average molecular weight is 242 g/mol. The lowest BCUT2D eigenvalue weighted by Gasteiger charge is -2.18. The van der Waals surface area contributed by atoms with Crippen LogP contribution < -0.4 is 5.32 Å². The van der Waals surface area contributed by atoms with Gasteiger partial charge in [-0.3, -0.25) is 0 Å². The molecule has 0 aliphatic rings. The summed E-state index contributed by atoms with van der Waals surface area (Å²) in [6.07, 6.45) is 2.06. The highest BCUT2D eigenvalue weighted by atomic mass is 32.1. The highest BCUT2D eigenvalue weighted by molar-refractivity contribution is 7.09. The third kappa shape index (κ3) is 4.20. The van der Waals surface area contributed by atoms with Crippen LogP contribution in [-0.2, 0) is 11.2 Å². The molecule has 1 aromatic rings. The summed E-state index contributed by atoms with van der Waals surface area (Å²) in [5.74, 6) is 0. The maximum Gasteiger partial charge on any atom is 0.0926 e. The third-order valence-electron chi connectivity index (χ3n) is 2.61. The summed E-state index contributed by atoms with van der Waals surface area (Å²) in [7, 11) is 1.74. The van der Waals surface area contributed by atoms with E-state index in [0.29, 0.717) is 12.1 Å². The number of hydrogen-bond donors (Lipinski definition) is 1. The molecule has 1 rings (SSSR count). The Morgan fingerprint density at radius 1 is 1.50 bits per heavy atom. The molecule has 92 valence electrons. The van der Waals surface area contributed by atoms with E-state index >= 15 is 0 Å². The van der Waals surface area contributed by atoms with Crippen molar-refractivity contribution in [2.75, 3.05) is 13.7 Å². The quantitative estimate of drug-likeness (QED) is 0.798. The molecule has 1 N–H and O–H groups in total. The van der Waals surface area contributed by atoms with Crippen LogP contribution in [0.15, 0.2) is 5.38 Å². The van der Waals surface area contributed by atoms with E-state index in [1.54, 1.807) is 18.4 Å². The van der Waals surface area contributed by atoms with Gasteiger partial charge in [0.05, 0.1) is 10.7 Å². The van der Waals surface area contributed by atoms with Crippen molar-refractivity contribution in [2.45, 2.75) is 45.7 Å². The van der Waals surface area contributed by atoms with E-state index in [2.05, 4.69) is 36.5 Å². The van der Waals surface area contributed by atoms with Crippen molar-refractivity contribution in [3.05, 3.63) is 16.1 Å². The Morgan fingerprint density at radius 3 is 2.81 bits per heavy atom. The van der Waals surface area contributed by atoms with Gasteiger partial charge in [0.15, 0.2) is 0 Å². The molecule has 0 saturated heterocycles. The van der Waals surface area contributed by atoms with E-state index in [4.69, 9.17) is 4.74 Å². The summed E-state index contributed by atoms with van der Waals surface area (Å²) >= 11 is 1.75. The fraction of sp³-hybridized carbons (Fsp3) is 0.750. The van der Waals surface area contributed by atoms with Crippen molar-refractivity contribution in [2.24, 2.45) is 0 Å². The molecule has 0 aliphatic carbocycles. The van der Waals surface area contributed by atoms with Crippen LogP contribution in [0.1, 0.15) is 43.9 Å². The highest BCUT2D eigenvalue weighted by Gasteiger charge is 2.12. The number of nitrogens with zero attached hydrogens (tertiary/aromatic N) is 1. The molecule has 2 atom stereocenters. The van der Waals surface area contributed by atoms with Gasteiger partial charge in [-0.1, -0.05) is 6.92 Å². The molecular weight excluding hydrogens is 220 g/mol. The van der Waals surface area contributed by atoms with Crippen LogP contribution in [-0.4, -0.2) is 24.7 Å². The molecule has 0 saturated carbocycles. The number of nitrogens with one attached hydrogen (secondary N) is 1. The van der Waals surface area contributed by atoms with Gasteiger partial charge < -0.3 is 10.1 Å². The van der Waals surface area contributed by atoms with E-state index in [1.807, 2.05) is 0 Å². The number of methoxy groups -OCH3 is 1. The van der Waals surface area contributed by atoms with Gasteiger partial charge in [0.25, 0.3) is 0 Å². The molecular formula is C12H22N2OS. The summed E-state index contributed by atoms with van der Waals surface area (Å²) in [4.78, 5) is 4.59. The predicted molar refractivity (Wildman–Crippen MR) is 69.0 cm³/mol. The third-order valence-corrected chi connectivity index (χ3v) is 3.62. The molecule has 0 amide bonds. The fourth-order valence-corrected chi connectivity index (χ4v) is 2.41. The van der Waals surface area contributed by atoms with Crippen molar-refractivity contribution < 1.29 is 4.74 Å². The Balaban J connectivity index is 2.41. The van der Waals surface area contributed by atoms with Gasteiger partial charge in [-0.25, -0.2) is 4.98 Å². The molecule has 0 radical (unpaired) electrons. The molecule has 0 spiro atoms. The Bertz CT molecular complexity index is 301. The zero-order valence-corrected chi connectivity index (χ0v) is 11.4. The largest absolute Gasteiger partial charge is 0.385 e. The number of thiazole rings is 1. The van der Waals surface area contributed by atoms with Gasteiger partial charge >= 0.3 is 0 Å². The predicted octanol–water partition coefficient (Wildman–Crippen LogP) is 2.78. The van der Waals surface area contributed by atoms with Crippen molar-refractivity contribution >= 4 is 11.3 Å². The molecule has 0 fully saturated rings. The van der Waals surface area contributed by atoms with Crippen LogP contribution in [0.4, 0.5) is 0 Å². The van der Waals surface area contributed by atoms with Gasteiger partial charge in [0.2, 0.25) is 0 Å². The first kappa shape index (κ1) is 13.6. The van der Waals surface area contributed by atoms with Crippen molar-refractivity contribution in [3.63, 3.8) is 0 Å². The summed E-state index contributed by atoms with van der Waals surface area (Å²) in [6.45, 7) is 7.29. The van der Waals surface area contributed by atoms with E-state index in [-0.39, 0.29) is 0 Å².